The minimum absolute atomic E-state index is 0.309. The first-order valence-electron chi connectivity index (χ1n) is 7.25. The fourth-order valence-electron chi connectivity index (χ4n) is 2.66. The van der Waals surface area contributed by atoms with Crippen LogP contribution in [0.1, 0.15) is 31.3 Å². The van der Waals surface area contributed by atoms with Gasteiger partial charge in [0.15, 0.2) is 0 Å². The van der Waals surface area contributed by atoms with Crippen LogP contribution < -0.4 is 16.8 Å². The lowest BCUT2D eigenvalue weighted by atomic mass is 10.1. The third-order valence-electron chi connectivity index (χ3n) is 3.78. The van der Waals surface area contributed by atoms with E-state index in [2.05, 4.69) is 10.3 Å². The summed E-state index contributed by atoms with van der Waals surface area (Å²) in [5.41, 5.74) is 14.1. The molecule has 0 spiro atoms. The first-order chi connectivity index (χ1) is 11.4. The molecule has 3 aromatic rings. The van der Waals surface area contributed by atoms with Crippen LogP contribution in [-0.4, -0.2) is 16.8 Å². The second-order valence-corrected chi connectivity index (χ2v) is 6.41. The zero-order valence-electron chi connectivity index (χ0n) is 13.2. The molecule has 6 nitrogen and oxygen atoms in total. The molecule has 0 atom stereocenters. The smallest absolute Gasteiger partial charge is 0.259 e. The van der Waals surface area contributed by atoms with Crippen LogP contribution in [0.3, 0.4) is 0 Å². The summed E-state index contributed by atoms with van der Waals surface area (Å²) in [6, 6.07) is 9.10. The number of rotatable bonds is 3. The number of para-hydroxylation sites is 1. The number of nitrogen functional groups attached to an aromatic ring is 1. The van der Waals surface area contributed by atoms with E-state index in [1.807, 2.05) is 18.2 Å². The fraction of sp³-hybridized carbons (Fsp3) is 0.118. The summed E-state index contributed by atoms with van der Waals surface area (Å²) in [7, 11) is 0. The summed E-state index contributed by atoms with van der Waals surface area (Å²) >= 11 is 1.19. The average Bonchev–Trinajstić information content (AvgIpc) is 2.85. The molecule has 2 amide bonds. The monoisotopic (exact) mass is 340 g/mol. The van der Waals surface area contributed by atoms with Gasteiger partial charge in [0.1, 0.15) is 4.83 Å². The molecule has 0 bridgehead atoms. The minimum Gasteiger partial charge on any atom is -0.397 e. The second-order valence-electron chi connectivity index (χ2n) is 5.41. The highest BCUT2D eigenvalue weighted by molar-refractivity contribution is 7.20. The maximum absolute atomic E-state index is 12.6. The average molecular weight is 340 g/mol. The minimum atomic E-state index is -0.525. The Bertz CT molecular complexity index is 964. The Morgan fingerprint density at radius 2 is 1.83 bits per heavy atom. The van der Waals surface area contributed by atoms with Crippen molar-refractivity contribution in [2.24, 2.45) is 5.73 Å². The predicted molar refractivity (Wildman–Crippen MR) is 96.4 cm³/mol. The highest BCUT2D eigenvalue weighted by Crippen LogP contribution is 2.36. The Morgan fingerprint density at radius 3 is 2.46 bits per heavy atom. The molecule has 0 saturated carbocycles. The van der Waals surface area contributed by atoms with Crippen LogP contribution in [0, 0.1) is 13.8 Å². The van der Waals surface area contributed by atoms with Crippen molar-refractivity contribution in [3.8, 4) is 0 Å². The number of benzene rings is 1. The SMILES string of the molecule is Cc1nc2sc(C(N)=O)c(C)c2c(N)c1C(=O)Nc1ccccc1. The summed E-state index contributed by atoms with van der Waals surface area (Å²) < 4.78 is 0. The number of aryl methyl sites for hydroxylation is 2. The summed E-state index contributed by atoms with van der Waals surface area (Å²) in [6.07, 6.45) is 0. The summed E-state index contributed by atoms with van der Waals surface area (Å²) in [5, 5.41) is 3.42. The maximum Gasteiger partial charge on any atom is 0.259 e. The zero-order chi connectivity index (χ0) is 17.4. The van der Waals surface area contributed by atoms with E-state index in [9.17, 15) is 9.59 Å². The van der Waals surface area contributed by atoms with Gasteiger partial charge >= 0.3 is 0 Å². The zero-order valence-corrected chi connectivity index (χ0v) is 14.0. The van der Waals surface area contributed by atoms with E-state index in [0.29, 0.717) is 43.3 Å². The largest absolute Gasteiger partial charge is 0.397 e. The third-order valence-corrected chi connectivity index (χ3v) is 4.98. The Morgan fingerprint density at radius 1 is 1.17 bits per heavy atom. The third kappa shape index (κ3) is 2.59. The molecule has 0 aliphatic rings. The van der Waals surface area contributed by atoms with Gasteiger partial charge in [-0.25, -0.2) is 4.98 Å². The number of anilines is 2. The number of thiophene rings is 1. The first kappa shape index (κ1) is 15.9. The molecule has 1 aromatic carbocycles. The number of nitrogens with one attached hydrogen (secondary N) is 1. The van der Waals surface area contributed by atoms with E-state index in [1.54, 1.807) is 26.0 Å². The van der Waals surface area contributed by atoms with Gasteiger partial charge in [0, 0.05) is 11.1 Å². The van der Waals surface area contributed by atoms with Crippen LogP contribution in [0.15, 0.2) is 30.3 Å². The molecular weight excluding hydrogens is 324 g/mol. The van der Waals surface area contributed by atoms with Crippen LogP contribution >= 0.6 is 11.3 Å². The second kappa shape index (κ2) is 5.93. The number of pyridine rings is 1. The number of fused-ring (bicyclic) bond motifs is 1. The number of hydrogen-bond donors (Lipinski definition) is 3. The van der Waals surface area contributed by atoms with E-state index < -0.39 is 5.91 Å². The molecule has 7 heteroatoms. The Labute approximate surface area is 142 Å². The molecule has 0 fully saturated rings. The molecule has 0 aliphatic heterocycles. The molecule has 2 aromatic heterocycles. The number of nitrogens with two attached hydrogens (primary N) is 2. The summed E-state index contributed by atoms with van der Waals surface area (Å²) in [6.45, 7) is 3.47. The van der Waals surface area contributed by atoms with E-state index in [1.165, 1.54) is 11.3 Å². The Hall–Kier alpha value is -2.93. The lowest BCUT2D eigenvalue weighted by Gasteiger charge is -2.11. The highest BCUT2D eigenvalue weighted by atomic mass is 32.1. The molecule has 0 aliphatic carbocycles. The van der Waals surface area contributed by atoms with Crippen LogP contribution in [0.4, 0.5) is 11.4 Å². The van der Waals surface area contributed by atoms with E-state index in [-0.39, 0.29) is 5.91 Å². The van der Waals surface area contributed by atoms with Gasteiger partial charge in [-0.3, -0.25) is 9.59 Å². The topological polar surface area (TPSA) is 111 Å². The van der Waals surface area contributed by atoms with Gasteiger partial charge < -0.3 is 16.8 Å². The van der Waals surface area contributed by atoms with Crippen molar-refractivity contribution >= 4 is 44.7 Å². The van der Waals surface area contributed by atoms with Gasteiger partial charge in [-0.1, -0.05) is 18.2 Å². The van der Waals surface area contributed by atoms with Crippen molar-refractivity contribution in [1.29, 1.82) is 0 Å². The van der Waals surface area contributed by atoms with E-state index in [0.717, 1.165) is 0 Å². The van der Waals surface area contributed by atoms with Gasteiger partial charge in [-0.05, 0) is 31.5 Å². The van der Waals surface area contributed by atoms with Crippen LogP contribution in [0.2, 0.25) is 0 Å². The molecule has 0 radical (unpaired) electrons. The fourth-order valence-corrected chi connectivity index (χ4v) is 3.76. The number of nitrogens with zero attached hydrogens (tertiary/aromatic N) is 1. The van der Waals surface area contributed by atoms with Crippen molar-refractivity contribution < 1.29 is 9.59 Å². The van der Waals surface area contributed by atoms with Gasteiger partial charge in [0.25, 0.3) is 11.8 Å². The van der Waals surface area contributed by atoms with Crippen molar-refractivity contribution in [3.63, 3.8) is 0 Å². The predicted octanol–water partition coefficient (Wildman–Crippen LogP) is 2.85. The van der Waals surface area contributed by atoms with Gasteiger partial charge in [0.2, 0.25) is 0 Å². The number of amides is 2. The Balaban J connectivity index is 2.13. The molecule has 5 N–H and O–H groups in total. The van der Waals surface area contributed by atoms with Crippen molar-refractivity contribution in [2.75, 3.05) is 11.1 Å². The summed E-state index contributed by atoms with van der Waals surface area (Å²) in [4.78, 5) is 29.6. The summed E-state index contributed by atoms with van der Waals surface area (Å²) in [5.74, 6) is -0.861. The first-order valence-corrected chi connectivity index (χ1v) is 8.07. The van der Waals surface area contributed by atoms with Gasteiger partial charge in [0.05, 0.1) is 21.8 Å². The number of carbonyl (C=O) groups excluding carboxylic acids is 2. The molecule has 3 rings (SSSR count). The number of primary amides is 1. The van der Waals surface area contributed by atoms with Crippen LogP contribution in [0.5, 0.6) is 0 Å². The normalized spacial score (nSPS) is 10.8. The molecule has 0 saturated heterocycles. The number of aromatic nitrogens is 1. The molecule has 122 valence electrons. The molecule has 24 heavy (non-hydrogen) atoms. The van der Waals surface area contributed by atoms with E-state index in [4.69, 9.17) is 11.5 Å². The standard InChI is InChI=1S/C17H16N4O2S/c1-8-11-13(18)12(16(23)21-10-6-4-3-5-7-10)9(2)20-17(11)24-14(8)15(19)22/h3-7H,1-2H3,(H2,18,20)(H2,19,22)(H,21,23). The number of hydrogen-bond acceptors (Lipinski definition) is 5. The highest BCUT2D eigenvalue weighted by Gasteiger charge is 2.22. The van der Waals surface area contributed by atoms with Crippen molar-refractivity contribution in [2.45, 2.75) is 13.8 Å². The molecular formula is C17H16N4O2S. The van der Waals surface area contributed by atoms with Gasteiger partial charge in [-0.2, -0.15) is 0 Å². The maximum atomic E-state index is 12.6. The van der Waals surface area contributed by atoms with Gasteiger partial charge in [-0.15, -0.1) is 11.3 Å². The van der Waals surface area contributed by atoms with Crippen molar-refractivity contribution in [1.82, 2.24) is 4.98 Å². The van der Waals surface area contributed by atoms with Crippen LogP contribution in [0.25, 0.3) is 10.2 Å². The quantitative estimate of drug-likeness (QED) is 0.680. The molecule has 2 heterocycles. The lowest BCUT2D eigenvalue weighted by molar-refractivity contribution is 0.100. The van der Waals surface area contributed by atoms with E-state index >= 15 is 0 Å². The lowest BCUT2D eigenvalue weighted by Crippen LogP contribution is -2.16. The van der Waals surface area contributed by atoms with Crippen molar-refractivity contribution in [3.05, 3.63) is 52.0 Å². The van der Waals surface area contributed by atoms with Crippen LogP contribution in [-0.2, 0) is 0 Å². The Kier molecular flexibility index (Phi) is 3.94. The molecule has 0 unspecified atom stereocenters. The number of carbonyl (C=O) groups is 2.